The molecule has 2 aliphatic heterocycles. The van der Waals surface area contributed by atoms with Crippen LogP contribution in [0, 0.1) is 12.3 Å². The quantitative estimate of drug-likeness (QED) is 0.556. The first-order valence-corrected chi connectivity index (χ1v) is 14.4. The van der Waals surface area contributed by atoms with Gasteiger partial charge in [-0.25, -0.2) is 22.2 Å². The summed E-state index contributed by atoms with van der Waals surface area (Å²) in [6.45, 7) is 3.50. The number of aromatic nitrogens is 2. The number of amides is 1. The topological polar surface area (TPSA) is 95.5 Å². The first-order valence-electron chi connectivity index (χ1n) is 12.1. The fraction of sp³-hybridized carbons (Fsp3) is 0.542. The normalized spacial score (nSPS) is 20.9. The number of rotatable bonds is 5. The molecule has 1 aromatic carbocycles. The molecular weight excluding hydrogens is 512 g/mol. The third kappa shape index (κ3) is 5.41. The van der Waals surface area contributed by atoms with Crippen molar-refractivity contribution in [2.45, 2.75) is 56.3 Å². The van der Waals surface area contributed by atoms with Crippen LogP contribution in [0.15, 0.2) is 29.2 Å². The SMILES string of the molecule is Cc1cc(N2CCC(F)(F)CC2)nc(NC(=O)c2ccc(S(=O)(=O)Cl)cc2N2CCC3(CC2)CC3)n1. The Morgan fingerprint density at radius 2 is 1.61 bits per heavy atom. The van der Waals surface area contributed by atoms with Gasteiger partial charge in [-0.3, -0.25) is 10.1 Å². The van der Waals surface area contributed by atoms with Crippen molar-refractivity contribution in [2.24, 2.45) is 5.41 Å². The minimum absolute atomic E-state index is 0.0582. The summed E-state index contributed by atoms with van der Waals surface area (Å²) in [6, 6.07) is 5.90. The molecule has 2 saturated heterocycles. The molecule has 0 bridgehead atoms. The van der Waals surface area contributed by atoms with E-state index in [1.165, 1.54) is 31.0 Å². The molecule has 0 unspecified atom stereocenters. The van der Waals surface area contributed by atoms with Gasteiger partial charge in [-0.15, -0.1) is 0 Å². The van der Waals surface area contributed by atoms with E-state index < -0.39 is 20.9 Å². The van der Waals surface area contributed by atoms with E-state index in [2.05, 4.69) is 15.3 Å². The summed E-state index contributed by atoms with van der Waals surface area (Å²) in [5.41, 5.74) is 1.77. The lowest BCUT2D eigenvalue weighted by Gasteiger charge is -2.35. The molecule has 1 aliphatic carbocycles. The Labute approximate surface area is 213 Å². The van der Waals surface area contributed by atoms with Crippen LogP contribution < -0.4 is 15.1 Å². The van der Waals surface area contributed by atoms with Crippen LogP contribution in [0.2, 0.25) is 0 Å². The lowest BCUT2D eigenvalue weighted by atomic mass is 9.93. The number of alkyl halides is 2. The number of hydrogen-bond donors (Lipinski definition) is 1. The number of carbonyl (C=O) groups is 1. The van der Waals surface area contributed by atoms with Gasteiger partial charge in [-0.05, 0) is 56.2 Å². The third-order valence-electron chi connectivity index (χ3n) is 7.50. The summed E-state index contributed by atoms with van der Waals surface area (Å²) in [5.74, 6) is -2.63. The predicted octanol–water partition coefficient (Wildman–Crippen LogP) is 4.58. The fourth-order valence-corrected chi connectivity index (χ4v) is 5.79. The molecule has 5 rings (SSSR count). The third-order valence-corrected chi connectivity index (χ3v) is 8.85. The van der Waals surface area contributed by atoms with Crippen LogP contribution in [0.1, 0.15) is 54.6 Å². The molecule has 3 fully saturated rings. The Bertz CT molecular complexity index is 1280. The van der Waals surface area contributed by atoms with Crippen molar-refractivity contribution < 1.29 is 22.0 Å². The Balaban J connectivity index is 1.40. The monoisotopic (exact) mass is 539 g/mol. The van der Waals surface area contributed by atoms with E-state index in [0.717, 1.165) is 25.9 Å². The highest BCUT2D eigenvalue weighted by Gasteiger charge is 2.44. The highest BCUT2D eigenvalue weighted by Crippen LogP contribution is 2.54. The number of hydrogen-bond acceptors (Lipinski definition) is 7. The van der Waals surface area contributed by atoms with E-state index in [-0.39, 0.29) is 42.3 Å². The number of nitrogens with zero attached hydrogens (tertiary/aromatic N) is 4. The van der Waals surface area contributed by atoms with E-state index in [0.29, 0.717) is 22.6 Å². The van der Waals surface area contributed by atoms with Crippen molar-refractivity contribution in [3.8, 4) is 0 Å². The molecule has 1 N–H and O–H groups in total. The van der Waals surface area contributed by atoms with Gasteiger partial charge >= 0.3 is 0 Å². The van der Waals surface area contributed by atoms with E-state index in [1.807, 2.05) is 4.90 Å². The largest absolute Gasteiger partial charge is 0.371 e. The molecule has 0 radical (unpaired) electrons. The molecular formula is C24H28ClF2N5O3S. The second-order valence-corrected chi connectivity index (χ2v) is 12.7. The van der Waals surface area contributed by atoms with Gasteiger partial charge in [0.05, 0.1) is 16.1 Å². The van der Waals surface area contributed by atoms with Crippen LogP contribution in [0.3, 0.4) is 0 Å². The summed E-state index contributed by atoms with van der Waals surface area (Å²) in [7, 11) is 1.62. The Kier molecular flexibility index (Phi) is 6.35. The van der Waals surface area contributed by atoms with Gasteiger partial charge in [-0.1, -0.05) is 0 Å². The van der Waals surface area contributed by atoms with E-state index in [4.69, 9.17) is 10.7 Å². The second-order valence-electron chi connectivity index (χ2n) is 10.1. The minimum atomic E-state index is -3.98. The zero-order valence-corrected chi connectivity index (χ0v) is 21.5. The van der Waals surface area contributed by atoms with Gasteiger partial charge in [0.2, 0.25) is 5.95 Å². The molecule has 1 aromatic heterocycles. The van der Waals surface area contributed by atoms with E-state index >= 15 is 0 Å². The van der Waals surface area contributed by atoms with Gasteiger partial charge in [0.15, 0.2) is 0 Å². The van der Waals surface area contributed by atoms with E-state index in [9.17, 15) is 22.0 Å². The summed E-state index contributed by atoms with van der Waals surface area (Å²) in [6.07, 6.45) is 3.90. The lowest BCUT2D eigenvalue weighted by molar-refractivity contribution is -0.0221. The molecule has 0 atom stereocenters. The van der Waals surface area contributed by atoms with Crippen molar-refractivity contribution in [1.29, 1.82) is 0 Å². The van der Waals surface area contributed by atoms with E-state index in [1.54, 1.807) is 17.9 Å². The smallest absolute Gasteiger partial charge is 0.261 e. The van der Waals surface area contributed by atoms with Crippen LogP contribution in [0.4, 0.5) is 26.2 Å². The average molecular weight is 540 g/mol. The van der Waals surface area contributed by atoms with Gasteiger partial charge in [0.25, 0.3) is 20.9 Å². The van der Waals surface area contributed by atoms with Gasteiger partial charge in [-0.2, -0.15) is 4.98 Å². The van der Waals surface area contributed by atoms with Crippen molar-refractivity contribution in [1.82, 2.24) is 9.97 Å². The number of piperidine rings is 2. The molecule has 3 aliphatic rings. The maximum Gasteiger partial charge on any atom is 0.261 e. The summed E-state index contributed by atoms with van der Waals surface area (Å²) >= 11 is 0. The summed E-state index contributed by atoms with van der Waals surface area (Å²) < 4.78 is 51.2. The molecule has 3 heterocycles. The molecule has 1 spiro atoms. The highest BCUT2D eigenvalue weighted by molar-refractivity contribution is 8.13. The van der Waals surface area contributed by atoms with Gasteiger partial charge in [0.1, 0.15) is 5.82 Å². The number of aryl methyl sites for hydroxylation is 1. The molecule has 12 heteroatoms. The number of benzene rings is 1. The minimum Gasteiger partial charge on any atom is -0.371 e. The Morgan fingerprint density at radius 1 is 0.972 bits per heavy atom. The molecule has 1 amide bonds. The highest BCUT2D eigenvalue weighted by atomic mass is 35.7. The molecule has 36 heavy (non-hydrogen) atoms. The zero-order valence-electron chi connectivity index (χ0n) is 19.9. The van der Waals surface area contributed by atoms with Crippen LogP contribution in [-0.4, -0.2) is 56.4 Å². The maximum atomic E-state index is 13.6. The molecule has 1 saturated carbocycles. The molecule has 2 aromatic rings. The van der Waals surface area contributed by atoms with Crippen molar-refractivity contribution >= 4 is 43.1 Å². The number of halogens is 3. The first-order chi connectivity index (χ1) is 16.9. The fourth-order valence-electron chi connectivity index (χ4n) is 5.02. The Morgan fingerprint density at radius 3 is 2.22 bits per heavy atom. The van der Waals surface area contributed by atoms with Crippen molar-refractivity contribution in [3.63, 3.8) is 0 Å². The zero-order chi connectivity index (χ0) is 25.7. The summed E-state index contributed by atoms with van der Waals surface area (Å²) in [5, 5.41) is 2.72. The second kappa shape index (κ2) is 9.09. The molecule has 8 nitrogen and oxygen atoms in total. The maximum absolute atomic E-state index is 13.6. The van der Waals surface area contributed by atoms with Crippen LogP contribution in [0.5, 0.6) is 0 Å². The lowest BCUT2D eigenvalue weighted by Crippen LogP contribution is -2.40. The summed E-state index contributed by atoms with van der Waals surface area (Å²) in [4.78, 5) is 25.8. The standard InChI is InChI=1S/C24H28ClF2N5O3S/c1-16-14-20(32-12-8-24(26,27)9-13-32)29-22(28-16)30-21(33)18-3-2-17(36(25,34)35)15-19(18)31-10-6-23(4-5-23)7-11-31/h2-3,14-15H,4-13H2,1H3,(H,28,29,30,33). The number of nitrogens with one attached hydrogen (secondary N) is 1. The van der Waals surface area contributed by atoms with Crippen LogP contribution in [0.25, 0.3) is 0 Å². The average Bonchev–Trinajstić information content (AvgIpc) is 3.57. The van der Waals surface area contributed by atoms with Gasteiger partial charge in [0, 0.05) is 61.5 Å². The van der Waals surface area contributed by atoms with Crippen molar-refractivity contribution in [3.05, 3.63) is 35.5 Å². The van der Waals surface area contributed by atoms with Crippen LogP contribution in [-0.2, 0) is 9.05 Å². The first kappa shape index (κ1) is 25.1. The Hall–Kier alpha value is -2.53. The van der Waals surface area contributed by atoms with Gasteiger partial charge < -0.3 is 9.80 Å². The molecule has 194 valence electrons. The number of anilines is 3. The van der Waals surface area contributed by atoms with Crippen LogP contribution >= 0.6 is 10.7 Å². The number of carbonyl (C=O) groups excluding carboxylic acids is 1. The predicted molar refractivity (Wildman–Crippen MR) is 134 cm³/mol. The van der Waals surface area contributed by atoms with Crippen molar-refractivity contribution in [2.75, 3.05) is 41.3 Å².